The molecule has 0 saturated carbocycles. The van der Waals surface area contributed by atoms with Crippen LogP contribution >= 0.6 is 0 Å². The number of nitrogens with zero attached hydrogens (tertiary/aromatic N) is 3. The molecule has 0 unspecified atom stereocenters. The fourth-order valence-corrected chi connectivity index (χ4v) is 2.19. The third-order valence-corrected chi connectivity index (χ3v) is 3.18. The number of nitrogens with two attached hydrogens (primary N) is 1. The second-order valence-electron chi connectivity index (χ2n) is 4.54. The highest BCUT2D eigenvalue weighted by atomic mass is 16.2. The maximum Gasteiger partial charge on any atom is 0.274 e. The third kappa shape index (κ3) is 1.93. The topological polar surface area (TPSA) is 72.1 Å². The Morgan fingerprint density at radius 3 is 2.83 bits per heavy atom. The van der Waals surface area contributed by atoms with Gasteiger partial charge in [0.2, 0.25) is 0 Å². The van der Waals surface area contributed by atoms with Gasteiger partial charge in [0, 0.05) is 19.1 Å². The molecule has 0 spiro atoms. The molecule has 1 amide bonds. The molecular weight excluding hydrogens is 228 g/mol. The van der Waals surface area contributed by atoms with Crippen molar-refractivity contribution < 1.29 is 4.79 Å². The molecule has 0 aliphatic carbocycles. The summed E-state index contributed by atoms with van der Waals surface area (Å²) < 4.78 is 0. The van der Waals surface area contributed by atoms with Gasteiger partial charge in [-0.05, 0) is 18.6 Å². The van der Waals surface area contributed by atoms with Gasteiger partial charge in [-0.15, -0.1) is 0 Å². The summed E-state index contributed by atoms with van der Waals surface area (Å²) in [5.74, 6) is -0.0822. The van der Waals surface area contributed by atoms with Crippen LogP contribution in [0.15, 0.2) is 30.5 Å². The Kier molecular flexibility index (Phi) is 2.68. The van der Waals surface area contributed by atoms with Crippen molar-refractivity contribution in [3.63, 3.8) is 0 Å². The largest absolute Gasteiger partial charge is 0.336 e. The highest BCUT2D eigenvalue weighted by Gasteiger charge is 2.25. The molecule has 0 bridgehead atoms. The lowest BCUT2D eigenvalue weighted by molar-refractivity contribution is 0.0785. The fourth-order valence-electron chi connectivity index (χ4n) is 2.19. The van der Waals surface area contributed by atoms with Gasteiger partial charge in [0.1, 0.15) is 5.69 Å². The Hall–Kier alpha value is -2.01. The maximum atomic E-state index is 12.2. The standard InChI is InChI=1S/C13H14N4O/c14-9-5-6-17(8-9)13(18)12-7-15-10-3-1-2-4-11(10)16-12/h1-4,7,9H,5-6,8,14H2/t9-/m1/s1. The molecule has 0 radical (unpaired) electrons. The van der Waals surface area contributed by atoms with Crippen molar-refractivity contribution in [1.29, 1.82) is 0 Å². The van der Waals surface area contributed by atoms with E-state index in [-0.39, 0.29) is 11.9 Å². The zero-order valence-electron chi connectivity index (χ0n) is 9.91. The summed E-state index contributed by atoms with van der Waals surface area (Å²) >= 11 is 0. The molecule has 1 aliphatic rings. The average Bonchev–Trinajstić information content (AvgIpc) is 2.84. The van der Waals surface area contributed by atoms with Gasteiger partial charge in [0.15, 0.2) is 0 Å². The van der Waals surface area contributed by atoms with Crippen molar-refractivity contribution in [2.24, 2.45) is 5.73 Å². The van der Waals surface area contributed by atoms with E-state index in [9.17, 15) is 4.79 Å². The van der Waals surface area contributed by atoms with Crippen molar-refractivity contribution in [3.8, 4) is 0 Å². The van der Waals surface area contributed by atoms with Crippen LogP contribution in [0, 0.1) is 0 Å². The van der Waals surface area contributed by atoms with E-state index in [1.54, 1.807) is 4.90 Å². The molecule has 1 aromatic heterocycles. The lowest BCUT2D eigenvalue weighted by Crippen LogP contribution is -2.32. The van der Waals surface area contributed by atoms with Crippen molar-refractivity contribution in [1.82, 2.24) is 14.9 Å². The highest BCUT2D eigenvalue weighted by Crippen LogP contribution is 2.13. The first-order valence-corrected chi connectivity index (χ1v) is 6.01. The van der Waals surface area contributed by atoms with Gasteiger partial charge in [-0.25, -0.2) is 4.98 Å². The molecule has 1 saturated heterocycles. The summed E-state index contributed by atoms with van der Waals surface area (Å²) in [6.45, 7) is 1.31. The van der Waals surface area contributed by atoms with Crippen LogP contribution in [0.1, 0.15) is 16.9 Å². The Morgan fingerprint density at radius 2 is 2.11 bits per heavy atom. The van der Waals surface area contributed by atoms with Crippen molar-refractivity contribution in [2.45, 2.75) is 12.5 Å². The summed E-state index contributed by atoms with van der Waals surface area (Å²) in [7, 11) is 0. The van der Waals surface area contributed by atoms with E-state index in [1.807, 2.05) is 24.3 Å². The van der Waals surface area contributed by atoms with Gasteiger partial charge < -0.3 is 10.6 Å². The number of aromatic nitrogens is 2. The Morgan fingerprint density at radius 1 is 1.33 bits per heavy atom. The van der Waals surface area contributed by atoms with Crippen LogP contribution in [0.3, 0.4) is 0 Å². The zero-order valence-corrected chi connectivity index (χ0v) is 9.91. The van der Waals surface area contributed by atoms with Crippen LogP contribution in [-0.4, -0.2) is 39.9 Å². The van der Waals surface area contributed by atoms with Crippen LogP contribution in [0.2, 0.25) is 0 Å². The molecule has 2 N–H and O–H groups in total. The number of fused-ring (bicyclic) bond motifs is 1. The molecule has 18 heavy (non-hydrogen) atoms. The second kappa shape index (κ2) is 4.34. The molecule has 1 aliphatic heterocycles. The number of rotatable bonds is 1. The van der Waals surface area contributed by atoms with Crippen LogP contribution in [0.4, 0.5) is 0 Å². The van der Waals surface area contributed by atoms with E-state index in [2.05, 4.69) is 9.97 Å². The minimum Gasteiger partial charge on any atom is -0.336 e. The van der Waals surface area contributed by atoms with Gasteiger partial charge in [-0.1, -0.05) is 12.1 Å². The number of hydrogen-bond acceptors (Lipinski definition) is 4. The SMILES string of the molecule is N[C@@H]1CCN(C(=O)c2cnc3ccccc3n2)C1. The molecule has 2 heterocycles. The molecule has 1 fully saturated rings. The third-order valence-electron chi connectivity index (χ3n) is 3.18. The summed E-state index contributed by atoms with van der Waals surface area (Å²) in [5.41, 5.74) is 7.73. The number of hydrogen-bond donors (Lipinski definition) is 1. The predicted octanol–water partition coefficient (Wildman–Crippen LogP) is 0.803. The molecule has 1 atom stereocenters. The number of carbonyl (C=O) groups is 1. The fraction of sp³-hybridized carbons (Fsp3) is 0.308. The monoisotopic (exact) mass is 242 g/mol. The van der Waals surface area contributed by atoms with Crippen molar-refractivity contribution in [2.75, 3.05) is 13.1 Å². The summed E-state index contributed by atoms with van der Waals surface area (Å²) in [6.07, 6.45) is 2.39. The van der Waals surface area contributed by atoms with Gasteiger partial charge in [0.05, 0.1) is 17.2 Å². The Bertz CT molecular complexity index is 598. The normalized spacial score (nSPS) is 19.4. The van der Waals surface area contributed by atoms with E-state index < -0.39 is 0 Å². The second-order valence-corrected chi connectivity index (χ2v) is 4.54. The van der Waals surface area contributed by atoms with Crippen molar-refractivity contribution in [3.05, 3.63) is 36.2 Å². The number of benzene rings is 1. The molecular formula is C13H14N4O. The lowest BCUT2D eigenvalue weighted by atomic mass is 10.3. The zero-order chi connectivity index (χ0) is 12.5. The van der Waals surface area contributed by atoms with E-state index in [1.165, 1.54) is 6.20 Å². The maximum absolute atomic E-state index is 12.2. The van der Waals surface area contributed by atoms with Crippen LogP contribution in [0.5, 0.6) is 0 Å². The number of carbonyl (C=O) groups excluding carboxylic acids is 1. The Labute approximate surface area is 105 Å². The van der Waals surface area contributed by atoms with Gasteiger partial charge in [-0.3, -0.25) is 9.78 Å². The predicted molar refractivity (Wildman–Crippen MR) is 68.0 cm³/mol. The summed E-state index contributed by atoms with van der Waals surface area (Å²) in [6, 6.07) is 7.61. The van der Waals surface area contributed by atoms with Crippen LogP contribution in [0.25, 0.3) is 11.0 Å². The molecule has 1 aromatic carbocycles. The van der Waals surface area contributed by atoms with E-state index in [4.69, 9.17) is 5.73 Å². The smallest absolute Gasteiger partial charge is 0.274 e. The summed E-state index contributed by atoms with van der Waals surface area (Å²) in [5, 5.41) is 0. The average molecular weight is 242 g/mol. The van der Waals surface area contributed by atoms with Crippen LogP contribution in [-0.2, 0) is 0 Å². The quantitative estimate of drug-likeness (QED) is 0.803. The van der Waals surface area contributed by atoms with E-state index >= 15 is 0 Å². The molecule has 2 aromatic rings. The summed E-state index contributed by atoms with van der Waals surface area (Å²) in [4.78, 5) is 22.5. The minimum atomic E-state index is -0.0822. The number of para-hydroxylation sites is 2. The first-order chi connectivity index (χ1) is 8.74. The van der Waals surface area contributed by atoms with E-state index in [0.29, 0.717) is 18.8 Å². The molecule has 92 valence electrons. The molecule has 5 nitrogen and oxygen atoms in total. The van der Waals surface area contributed by atoms with Gasteiger partial charge in [0.25, 0.3) is 5.91 Å². The van der Waals surface area contributed by atoms with E-state index in [0.717, 1.165) is 17.5 Å². The van der Waals surface area contributed by atoms with Crippen LogP contribution < -0.4 is 5.73 Å². The Balaban J connectivity index is 1.92. The first-order valence-electron chi connectivity index (χ1n) is 6.01. The molecule has 3 rings (SSSR count). The van der Waals surface area contributed by atoms with Gasteiger partial charge in [-0.2, -0.15) is 0 Å². The van der Waals surface area contributed by atoms with Gasteiger partial charge >= 0.3 is 0 Å². The molecule has 5 heteroatoms. The highest BCUT2D eigenvalue weighted by molar-refractivity contribution is 5.94. The lowest BCUT2D eigenvalue weighted by Gasteiger charge is -2.14. The number of amides is 1. The van der Waals surface area contributed by atoms with Crippen molar-refractivity contribution >= 4 is 16.9 Å². The first kappa shape index (κ1) is 11.1. The minimum absolute atomic E-state index is 0.0822. The number of likely N-dealkylation sites (tertiary alicyclic amines) is 1.